The summed E-state index contributed by atoms with van der Waals surface area (Å²) in [4.78, 5) is 32.7. The summed E-state index contributed by atoms with van der Waals surface area (Å²) >= 11 is 0. The van der Waals surface area contributed by atoms with Gasteiger partial charge in [-0.25, -0.2) is 4.79 Å². The fourth-order valence-corrected chi connectivity index (χ4v) is 6.57. The summed E-state index contributed by atoms with van der Waals surface area (Å²) < 4.78 is 0. The fourth-order valence-electron chi connectivity index (χ4n) is 6.57. The maximum atomic E-state index is 13.6. The van der Waals surface area contributed by atoms with Crippen LogP contribution in [0.3, 0.4) is 0 Å². The van der Waals surface area contributed by atoms with Crippen molar-refractivity contribution >= 4 is 11.8 Å². The first-order valence-corrected chi connectivity index (χ1v) is 13.3. The van der Waals surface area contributed by atoms with Gasteiger partial charge in [-0.3, -0.25) is 9.69 Å². The molecule has 1 aromatic carbocycles. The van der Waals surface area contributed by atoms with Gasteiger partial charge in [0.2, 0.25) is 0 Å². The van der Waals surface area contributed by atoms with E-state index in [0.29, 0.717) is 25.3 Å². The average molecular weight is 468 g/mol. The molecule has 3 aliphatic carbocycles. The van der Waals surface area contributed by atoms with Gasteiger partial charge in [0.05, 0.1) is 17.7 Å². The van der Waals surface area contributed by atoms with E-state index in [4.69, 9.17) is 0 Å². The molecule has 0 bridgehead atoms. The van der Waals surface area contributed by atoms with Crippen LogP contribution in [0.1, 0.15) is 76.2 Å². The highest BCUT2D eigenvalue weighted by atomic mass is 16.3. The predicted molar refractivity (Wildman–Crippen MR) is 132 cm³/mol. The van der Waals surface area contributed by atoms with Crippen molar-refractivity contribution in [3.63, 3.8) is 0 Å². The summed E-state index contributed by atoms with van der Waals surface area (Å²) in [5, 5.41) is 10.1. The summed E-state index contributed by atoms with van der Waals surface area (Å²) in [6.45, 7) is 1.69. The molecule has 4 fully saturated rings. The Morgan fingerprint density at radius 1 is 1.06 bits per heavy atom. The van der Waals surface area contributed by atoms with Crippen LogP contribution in [0.4, 0.5) is 4.79 Å². The van der Waals surface area contributed by atoms with E-state index in [-0.39, 0.29) is 29.4 Å². The third-order valence-electron chi connectivity index (χ3n) is 9.46. The molecule has 1 saturated heterocycles. The SMILES string of the molecule is CN(C)C1(c2ccccc2)CCC2(CC1)CN(CC(=O)CCC1(O)CC1)C(=O)N2CC1CCC1. The van der Waals surface area contributed by atoms with Gasteiger partial charge in [-0.15, -0.1) is 0 Å². The zero-order chi connectivity index (χ0) is 24.0. The Morgan fingerprint density at radius 3 is 2.29 bits per heavy atom. The number of carbonyl (C=O) groups is 2. The number of Topliss-reactive ketones (excluding diaryl/α,β-unsaturated/α-hetero) is 1. The van der Waals surface area contributed by atoms with Crippen molar-refractivity contribution in [1.29, 1.82) is 0 Å². The molecule has 3 saturated carbocycles. The zero-order valence-corrected chi connectivity index (χ0v) is 21.0. The van der Waals surface area contributed by atoms with Crippen LogP contribution >= 0.6 is 0 Å². The molecule has 1 aliphatic heterocycles. The summed E-state index contributed by atoms with van der Waals surface area (Å²) in [5.41, 5.74) is 0.560. The largest absolute Gasteiger partial charge is 0.390 e. The van der Waals surface area contributed by atoms with Crippen molar-refractivity contribution < 1.29 is 14.7 Å². The smallest absolute Gasteiger partial charge is 0.321 e. The van der Waals surface area contributed by atoms with Crippen molar-refractivity contribution in [3.05, 3.63) is 35.9 Å². The van der Waals surface area contributed by atoms with Gasteiger partial charge >= 0.3 is 6.03 Å². The second-order valence-electron chi connectivity index (χ2n) is 11.8. The summed E-state index contributed by atoms with van der Waals surface area (Å²) in [5.74, 6) is 0.687. The van der Waals surface area contributed by atoms with Gasteiger partial charge in [0, 0.05) is 25.0 Å². The van der Waals surface area contributed by atoms with E-state index in [9.17, 15) is 14.7 Å². The molecule has 34 heavy (non-hydrogen) atoms. The number of carbonyl (C=O) groups excluding carboxylic acids is 2. The molecular formula is C28H41N3O3. The van der Waals surface area contributed by atoms with Crippen molar-refractivity contribution in [1.82, 2.24) is 14.7 Å². The van der Waals surface area contributed by atoms with Crippen LogP contribution in [-0.4, -0.2) is 76.5 Å². The highest BCUT2D eigenvalue weighted by Gasteiger charge is 2.55. The van der Waals surface area contributed by atoms with Gasteiger partial charge in [0.15, 0.2) is 5.78 Å². The number of hydrogen-bond donors (Lipinski definition) is 1. The number of rotatable bonds is 9. The lowest BCUT2D eigenvalue weighted by molar-refractivity contribution is -0.120. The number of nitrogens with zero attached hydrogens (tertiary/aromatic N) is 3. The molecule has 6 heteroatoms. The number of amides is 2. The maximum absolute atomic E-state index is 13.6. The van der Waals surface area contributed by atoms with E-state index >= 15 is 0 Å². The monoisotopic (exact) mass is 467 g/mol. The molecule has 1 heterocycles. The number of aliphatic hydroxyl groups is 1. The van der Waals surface area contributed by atoms with Gasteiger partial charge in [-0.1, -0.05) is 36.8 Å². The van der Waals surface area contributed by atoms with Crippen LogP contribution in [0.2, 0.25) is 0 Å². The van der Waals surface area contributed by atoms with Crippen LogP contribution < -0.4 is 0 Å². The third-order valence-corrected chi connectivity index (χ3v) is 9.46. The van der Waals surface area contributed by atoms with E-state index in [1.54, 1.807) is 0 Å². The Labute approximate surface area is 204 Å². The first-order chi connectivity index (χ1) is 16.3. The second kappa shape index (κ2) is 8.94. The Morgan fingerprint density at radius 2 is 1.74 bits per heavy atom. The Kier molecular flexibility index (Phi) is 6.26. The molecule has 0 aromatic heterocycles. The number of hydrogen-bond acceptors (Lipinski definition) is 4. The minimum absolute atomic E-state index is 0.0132. The topological polar surface area (TPSA) is 64.1 Å². The minimum Gasteiger partial charge on any atom is -0.390 e. The maximum Gasteiger partial charge on any atom is 0.321 e. The zero-order valence-electron chi connectivity index (χ0n) is 21.0. The highest BCUT2D eigenvalue weighted by Crippen LogP contribution is 2.49. The predicted octanol–water partition coefficient (Wildman–Crippen LogP) is 4.17. The van der Waals surface area contributed by atoms with Gasteiger partial charge in [-0.05, 0) is 83.4 Å². The molecule has 0 atom stereocenters. The highest BCUT2D eigenvalue weighted by molar-refractivity contribution is 5.87. The minimum atomic E-state index is -0.613. The summed E-state index contributed by atoms with van der Waals surface area (Å²) in [7, 11) is 4.35. The van der Waals surface area contributed by atoms with Gasteiger partial charge in [0.25, 0.3) is 0 Å². The normalized spacial score (nSPS) is 30.8. The van der Waals surface area contributed by atoms with E-state index < -0.39 is 5.60 Å². The van der Waals surface area contributed by atoms with E-state index in [1.165, 1.54) is 24.8 Å². The molecule has 1 N–H and O–H groups in total. The number of benzene rings is 1. The lowest BCUT2D eigenvalue weighted by Gasteiger charge is -2.51. The summed E-state index contributed by atoms with van der Waals surface area (Å²) in [6, 6.07) is 10.9. The van der Waals surface area contributed by atoms with Crippen LogP contribution in [-0.2, 0) is 10.3 Å². The van der Waals surface area contributed by atoms with Crippen molar-refractivity contribution in [3.8, 4) is 0 Å². The van der Waals surface area contributed by atoms with E-state index in [2.05, 4.69) is 54.2 Å². The van der Waals surface area contributed by atoms with Crippen LogP contribution in [0, 0.1) is 5.92 Å². The molecule has 4 aliphatic rings. The molecule has 2 amide bonds. The van der Waals surface area contributed by atoms with Crippen molar-refractivity contribution in [2.75, 3.05) is 33.7 Å². The van der Waals surface area contributed by atoms with Crippen molar-refractivity contribution in [2.24, 2.45) is 5.92 Å². The van der Waals surface area contributed by atoms with Crippen LogP contribution in [0.15, 0.2) is 30.3 Å². The first kappa shape index (κ1) is 23.8. The Balaban J connectivity index is 1.32. The molecule has 6 nitrogen and oxygen atoms in total. The average Bonchev–Trinajstić information content (AvgIpc) is 3.49. The van der Waals surface area contributed by atoms with Gasteiger partial charge < -0.3 is 14.9 Å². The molecule has 186 valence electrons. The molecule has 0 unspecified atom stereocenters. The van der Waals surface area contributed by atoms with Crippen LogP contribution in [0.5, 0.6) is 0 Å². The molecule has 1 aromatic rings. The van der Waals surface area contributed by atoms with Gasteiger partial charge in [-0.2, -0.15) is 0 Å². The van der Waals surface area contributed by atoms with E-state index in [1.807, 2.05) is 4.90 Å². The molecular weight excluding hydrogens is 426 g/mol. The lowest BCUT2D eigenvalue weighted by atomic mass is 9.68. The van der Waals surface area contributed by atoms with Gasteiger partial charge in [0.1, 0.15) is 0 Å². The lowest BCUT2D eigenvalue weighted by Crippen LogP contribution is -2.56. The number of urea groups is 1. The quantitative estimate of drug-likeness (QED) is 0.592. The molecule has 1 spiro atoms. The van der Waals surface area contributed by atoms with Crippen molar-refractivity contribution in [2.45, 2.75) is 87.3 Å². The Bertz CT molecular complexity index is 899. The summed E-state index contributed by atoms with van der Waals surface area (Å²) in [6.07, 6.45) is 10.1. The second-order valence-corrected chi connectivity index (χ2v) is 11.8. The van der Waals surface area contributed by atoms with E-state index in [0.717, 1.165) is 45.1 Å². The first-order valence-electron chi connectivity index (χ1n) is 13.3. The molecule has 5 rings (SSSR count). The third kappa shape index (κ3) is 4.39. The standard InChI is InChI=1S/C28H41N3O3/c1-29(2)28(23-9-4-3-5-10-23)17-13-26(14-18-28)21-30(20-24(32)11-12-27(34)15-16-27)25(33)31(26)19-22-7-6-8-22/h3-5,9-10,22,34H,6-8,11-21H2,1-2H3. The number of ketones is 1. The Hall–Kier alpha value is -1.92. The van der Waals surface area contributed by atoms with Crippen LogP contribution in [0.25, 0.3) is 0 Å². The molecule has 0 radical (unpaired) electrons. The fraction of sp³-hybridized carbons (Fsp3) is 0.714.